The van der Waals surface area contributed by atoms with Gasteiger partial charge in [-0.05, 0) is 153 Å². The first-order valence-electron chi connectivity index (χ1n) is 33.2. The fourth-order valence-corrected chi connectivity index (χ4v) is 12.0. The van der Waals surface area contributed by atoms with Crippen LogP contribution < -0.4 is 31.3 Å². The van der Waals surface area contributed by atoms with Gasteiger partial charge >= 0.3 is 6.02 Å². The molecule has 5 N–H and O–H groups in total. The third-order valence-corrected chi connectivity index (χ3v) is 17.4. The van der Waals surface area contributed by atoms with Gasteiger partial charge in [-0.25, -0.2) is 18.2 Å². The Labute approximate surface area is 589 Å². The van der Waals surface area contributed by atoms with Crippen molar-refractivity contribution in [3.05, 3.63) is 292 Å². The third kappa shape index (κ3) is 22.8. The number of piperidine rings is 3. The molecule has 3 amide bonds. The number of rotatable bonds is 15. The summed E-state index contributed by atoms with van der Waals surface area (Å²) < 4.78 is 45.3. The topological polar surface area (TPSA) is 240 Å². The summed E-state index contributed by atoms with van der Waals surface area (Å²) in [4.78, 5) is 55.3. The van der Waals surface area contributed by atoms with Gasteiger partial charge in [-0.1, -0.05) is 176 Å². The van der Waals surface area contributed by atoms with Crippen LogP contribution in [0.25, 0.3) is 4.95 Å². The number of benzene rings is 8. The van der Waals surface area contributed by atoms with Crippen LogP contribution in [0.2, 0.25) is 0 Å². The Morgan fingerprint density at radius 3 is 1.20 bits per heavy atom. The Hall–Kier alpha value is -11.9. The van der Waals surface area contributed by atoms with Crippen LogP contribution in [0.4, 0.5) is 13.2 Å². The Kier molecular flexibility index (Phi) is 30.4. The highest BCUT2D eigenvalue weighted by Crippen LogP contribution is 2.39. The number of nitriles is 3. The van der Waals surface area contributed by atoms with Crippen LogP contribution in [0.5, 0.6) is 5.75 Å². The molecule has 0 radical (unpaired) electrons. The van der Waals surface area contributed by atoms with E-state index in [1.54, 1.807) is 68.4 Å². The van der Waals surface area contributed by atoms with Gasteiger partial charge < -0.3 is 35.8 Å². The van der Waals surface area contributed by atoms with Crippen LogP contribution >= 0.6 is 0 Å². The second-order valence-corrected chi connectivity index (χ2v) is 24.1. The Morgan fingerprint density at radius 2 is 0.861 bits per heavy atom. The lowest BCUT2D eigenvalue weighted by atomic mass is 9.72. The van der Waals surface area contributed by atoms with Crippen LogP contribution in [0, 0.1) is 58.3 Å². The van der Waals surface area contributed by atoms with E-state index in [9.17, 15) is 38.1 Å². The highest BCUT2D eigenvalue weighted by molar-refractivity contribution is 5.91. The molecule has 0 aromatic heterocycles. The van der Waals surface area contributed by atoms with E-state index < -0.39 is 16.2 Å². The van der Waals surface area contributed by atoms with Gasteiger partial charge in [-0.15, -0.1) is 9.95 Å². The fourth-order valence-electron chi connectivity index (χ4n) is 12.0. The second-order valence-electron chi connectivity index (χ2n) is 24.1. The van der Waals surface area contributed by atoms with Gasteiger partial charge in [0.2, 0.25) is 29.9 Å². The van der Waals surface area contributed by atoms with E-state index in [1.165, 1.54) is 43.3 Å². The van der Waals surface area contributed by atoms with Crippen molar-refractivity contribution in [1.29, 1.82) is 15.8 Å². The van der Waals surface area contributed by atoms with Gasteiger partial charge in [-0.3, -0.25) is 19.7 Å². The molecule has 3 saturated heterocycles. The minimum Gasteiger partial charge on any atom is -0.425 e. The number of nitrogens with zero attached hydrogens (tertiary/aromatic N) is 9. The quantitative estimate of drug-likeness (QED) is 0.0161. The Balaban J connectivity index is 0.000000204. The minimum atomic E-state index is -0.734. The summed E-state index contributed by atoms with van der Waals surface area (Å²) in [6, 6.07) is 69.0. The molecule has 0 spiro atoms. The number of carbonyl (C=O) groups is 3. The van der Waals surface area contributed by atoms with E-state index >= 15 is 0 Å². The van der Waals surface area contributed by atoms with Crippen molar-refractivity contribution in [3.8, 4) is 24.2 Å². The molecule has 101 heavy (non-hydrogen) atoms. The zero-order valence-corrected chi connectivity index (χ0v) is 57.0. The monoisotopic (exact) mass is 1360 g/mol. The lowest BCUT2D eigenvalue weighted by Gasteiger charge is -2.41. The van der Waals surface area contributed by atoms with Crippen LogP contribution in [0.1, 0.15) is 98.2 Å². The number of amidine groups is 1. The molecule has 8 aromatic carbocycles. The van der Waals surface area contributed by atoms with E-state index in [2.05, 4.69) is 46.6 Å². The lowest BCUT2D eigenvalue weighted by Crippen LogP contribution is -2.54. The van der Waals surface area contributed by atoms with Crippen molar-refractivity contribution in [1.82, 2.24) is 36.4 Å². The maximum atomic E-state index is 13.6. The van der Waals surface area contributed by atoms with E-state index in [1.807, 2.05) is 162 Å². The van der Waals surface area contributed by atoms with Crippen molar-refractivity contribution in [2.75, 3.05) is 39.3 Å². The molecule has 3 fully saturated rings. The predicted octanol–water partition coefficient (Wildman–Crippen LogP) is 13.1. The summed E-state index contributed by atoms with van der Waals surface area (Å²) in [5.41, 5.74) is 5.50. The van der Waals surface area contributed by atoms with Gasteiger partial charge in [0.25, 0.3) is 0 Å². The number of nitrogens with one attached hydrogen (secondary N) is 5. The van der Waals surface area contributed by atoms with E-state index in [4.69, 9.17) is 16.6 Å². The number of likely N-dealkylation sites (tertiary alicyclic amines) is 2. The molecule has 3 aliphatic heterocycles. The molecule has 3 heterocycles. The molecular weight excluding hydrogens is 1280 g/mol. The second kappa shape index (κ2) is 40.1. The van der Waals surface area contributed by atoms with E-state index in [0.717, 1.165) is 70.6 Å². The molecule has 3 aliphatic rings. The first kappa shape index (κ1) is 76.5. The smallest absolute Gasteiger partial charge is 0.308 e. The molecule has 21 heteroatoms. The number of carbonyl (C=O) groups excluding carboxylic acids is 3. The first-order chi connectivity index (χ1) is 49.1. The number of amides is 3. The largest absolute Gasteiger partial charge is 0.425 e. The number of ether oxygens (including phenoxy) is 1. The number of hydrogen-bond donors (Lipinski definition) is 5. The molecule has 0 saturated carbocycles. The average Bonchev–Trinajstić information content (AvgIpc) is 0.771. The normalized spacial score (nSPS) is 14.7. The number of guanidine groups is 1. The number of halogens is 3. The zero-order chi connectivity index (χ0) is 72.1. The first-order valence-corrected chi connectivity index (χ1v) is 33.2. The SMILES string of the molecule is CC#N.N#CN=C(Oc1ccccc1)N1CCC(C(=O)NCc2ccc(F)cc2)(c2ccccc2)CC1.N#CNC(=NCc1ccccc1)N1CCC(C(=O)NCc2ccc(F)cc2)(c2ccccc2)CC1.O=C(NCc1ccc(F)cc1)C1(c2ccccc2)CCNCC1.[C-]#[N+]N=C(C)C. The lowest BCUT2D eigenvalue weighted by molar-refractivity contribution is -0.129. The zero-order valence-electron chi connectivity index (χ0n) is 57.0. The minimum absolute atomic E-state index is 0.0505. The highest BCUT2D eigenvalue weighted by atomic mass is 19.1. The Bertz CT molecular complexity index is 4140. The molecule has 518 valence electrons. The van der Waals surface area contributed by atoms with Crippen LogP contribution in [-0.4, -0.2) is 84.5 Å². The molecule has 0 atom stereocenters. The summed E-state index contributed by atoms with van der Waals surface area (Å²) in [5, 5.41) is 44.3. The highest BCUT2D eigenvalue weighted by Gasteiger charge is 2.45. The summed E-state index contributed by atoms with van der Waals surface area (Å²) in [6.07, 6.45) is 7.57. The maximum absolute atomic E-state index is 13.6. The molecule has 11 rings (SSSR count). The van der Waals surface area contributed by atoms with Gasteiger partial charge in [0.15, 0.2) is 6.19 Å². The fraction of sp³-hybridized carbons (Fsp3) is 0.275. The molecule has 8 aromatic rings. The molecular formula is C80H83F3N14O4. The van der Waals surface area contributed by atoms with Crippen LogP contribution in [0.3, 0.4) is 0 Å². The number of aliphatic imine (C=N–C) groups is 2. The van der Waals surface area contributed by atoms with E-state index in [0.29, 0.717) is 89.8 Å². The van der Waals surface area contributed by atoms with Gasteiger partial charge in [0, 0.05) is 52.7 Å². The number of para-hydroxylation sites is 1. The third-order valence-electron chi connectivity index (χ3n) is 17.4. The molecule has 0 bridgehead atoms. The number of hydrogen-bond acceptors (Lipinski definition) is 11. The maximum Gasteiger partial charge on any atom is 0.308 e. The summed E-state index contributed by atoms with van der Waals surface area (Å²) >= 11 is 0. The average molecular weight is 1360 g/mol. The van der Waals surface area contributed by atoms with Crippen LogP contribution in [-0.2, 0) is 56.8 Å². The van der Waals surface area contributed by atoms with Gasteiger partial charge in [-0.2, -0.15) is 22.4 Å². The van der Waals surface area contributed by atoms with Crippen LogP contribution in [0.15, 0.2) is 240 Å². The Morgan fingerprint density at radius 1 is 0.515 bits per heavy atom. The van der Waals surface area contributed by atoms with Crippen molar-refractivity contribution in [2.45, 2.75) is 102 Å². The van der Waals surface area contributed by atoms with Crippen molar-refractivity contribution in [3.63, 3.8) is 0 Å². The van der Waals surface area contributed by atoms with Crippen molar-refractivity contribution in [2.24, 2.45) is 15.1 Å². The van der Waals surface area contributed by atoms with Gasteiger partial charge in [0.1, 0.15) is 23.2 Å². The summed E-state index contributed by atoms with van der Waals surface area (Å²) in [7, 11) is 0. The predicted molar refractivity (Wildman–Crippen MR) is 386 cm³/mol. The molecule has 18 nitrogen and oxygen atoms in total. The molecule has 0 unspecified atom stereocenters. The van der Waals surface area contributed by atoms with Gasteiger partial charge in [0.05, 0.1) is 39.7 Å². The summed E-state index contributed by atoms with van der Waals surface area (Å²) in [6.45, 7) is 16.5. The van der Waals surface area contributed by atoms with Crippen molar-refractivity contribution < 1.29 is 32.3 Å². The van der Waals surface area contributed by atoms with E-state index in [-0.39, 0.29) is 41.2 Å². The molecule has 0 aliphatic carbocycles. The summed E-state index contributed by atoms with van der Waals surface area (Å²) in [5.74, 6) is 0.153. The van der Waals surface area contributed by atoms with Crippen molar-refractivity contribution >= 4 is 35.4 Å². The standard InChI is InChI=1S/C28H28FN5O.C27H25FN4O2.C19H21FN2O.C4H6N2.C2H3N/c29-25-13-11-23(12-14-25)19-31-26(35)28(24-9-5-2-6-10-24)15-17-34(18-16-28)27(33-21-30)32-20-22-7-3-1-4-8-22;28-23-13-11-21(12-14-23)19-30-25(33)27(22-7-3-1-4-8-22)15-17-32(18-16-27)26(31-20-29)34-24-9-5-2-6-10-24;20-17-8-6-15(7-9-17)14-22-18(23)19(10-12-21-13-11-19)16-4-2-1-3-5-16;1-4(2)6-5-3;1-2-3/h1-14H,15-20H2,(H,31,35)(H,32,33);1-14H,15-19H2,(H,30,33);1-9,21H,10-14H2,(H,22,23);1-2H3;1H3.